The van der Waals surface area contributed by atoms with Crippen molar-refractivity contribution in [1.29, 1.82) is 0 Å². The fourth-order valence-corrected chi connectivity index (χ4v) is 14.8. The maximum absolute atomic E-state index is 2.54. The summed E-state index contributed by atoms with van der Waals surface area (Å²) < 4.78 is 0. The van der Waals surface area contributed by atoms with Crippen LogP contribution in [0.1, 0.15) is 72.2 Å². The molecule has 0 aromatic heterocycles. The highest BCUT2D eigenvalue weighted by Gasteiger charge is 2.52. The number of rotatable bonds is 8. The molecule has 0 heterocycles. The van der Waals surface area contributed by atoms with E-state index in [1.165, 1.54) is 111 Å². The molecule has 384 valence electrons. The first-order valence-electron chi connectivity index (χ1n) is 28.6. The van der Waals surface area contributed by atoms with Crippen LogP contribution in [0.3, 0.4) is 0 Å². The van der Waals surface area contributed by atoms with Crippen molar-refractivity contribution >= 4 is 34.1 Å². The van der Waals surface area contributed by atoms with E-state index in [2.05, 4.69) is 317 Å². The second kappa shape index (κ2) is 17.6. The third kappa shape index (κ3) is 6.87. The molecular weight excluding hydrogens is 977 g/mol. The lowest BCUT2D eigenvalue weighted by Crippen LogP contribution is -2.26. The van der Waals surface area contributed by atoms with E-state index in [9.17, 15) is 0 Å². The third-order valence-electron chi connectivity index (χ3n) is 18.6. The summed E-state index contributed by atoms with van der Waals surface area (Å²) in [6.45, 7) is 9.62. The van der Waals surface area contributed by atoms with Crippen LogP contribution in [-0.2, 0) is 16.2 Å². The van der Waals surface area contributed by atoms with Crippen LogP contribution in [0.2, 0.25) is 0 Å². The van der Waals surface area contributed by atoms with E-state index in [1.807, 2.05) is 0 Å². The molecular formula is C79H58N2. The number of nitrogens with zero attached hydrogens (tertiary/aromatic N) is 2. The van der Waals surface area contributed by atoms with Gasteiger partial charge in [-0.1, -0.05) is 210 Å². The summed E-state index contributed by atoms with van der Waals surface area (Å²) >= 11 is 0. The molecule has 0 atom stereocenters. The van der Waals surface area contributed by atoms with Gasteiger partial charge in [-0.3, -0.25) is 0 Å². The molecule has 0 radical (unpaired) electrons. The molecule has 4 aliphatic carbocycles. The molecule has 0 aliphatic heterocycles. The Kier molecular flexibility index (Phi) is 10.3. The number of hydrogen-bond donors (Lipinski definition) is 0. The highest BCUT2D eigenvalue weighted by atomic mass is 15.1. The van der Waals surface area contributed by atoms with Gasteiger partial charge in [-0.05, 0) is 208 Å². The topological polar surface area (TPSA) is 6.48 Å². The van der Waals surface area contributed by atoms with E-state index >= 15 is 0 Å². The summed E-state index contributed by atoms with van der Waals surface area (Å²) in [5.41, 5.74) is 32.1. The van der Waals surface area contributed by atoms with E-state index in [0.29, 0.717) is 0 Å². The molecule has 4 aliphatic rings. The number of para-hydroxylation sites is 4. The first kappa shape index (κ1) is 47.3. The van der Waals surface area contributed by atoms with Gasteiger partial charge in [0, 0.05) is 45.0 Å². The Morgan fingerprint density at radius 3 is 0.778 bits per heavy atom. The lowest BCUT2D eigenvalue weighted by atomic mass is 9.70. The number of anilines is 6. The van der Waals surface area contributed by atoms with E-state index in [1.54, 1.807) is 0 Å². The molecule has 12 aromatic rings. The average molecular weight is 1040 g/mol. The van der Waals surface area contributed by atoms with Crippen LogP contribution in [0.25, 0.3) is 66.8 Å². The zero-order valence-corrected chi connectivity index (χ0v) is 46.0. The highest BCUT2D eigenvalue weighted by molar-refractivity contribution is 5.98. The maximum Gasteiger partial charge on any atom is 0.0725 e. The third-order valence-corrected chi connectivity index (χ3v) is 18.6. The normalized spacial score (nSPS) is 14.5. The largest absolute Gasteiger partial charge is 0.310 e. The zero-order chi connectivity index (χ0) is 54.2. The van der Waals surface area contributed by atoms with Crippen LogP contribution in [0.5, 0.6) is 0 Å². The minimum Gasteiger partial charge on any atom is -0.310 e. The summed E-state index contributed by atoms with van der Waals surface area (Å²) in [6.07, 6.45) is 0. The standard InChI is InChI=1S/C79H58N2/c1-77(2)71-45-51(33-39-63(71)65-43-37-59(49-73(65)77)80(55-21-9-5-10-22-55)56-23-11-6-12-24-56)53-35-41-67-61-29-17-19-31-69(61)79(75(67)47-53)70-32-20-18-30-62(70)68-42-36-54(48-76(68)79)52-34-40-64-66-44-38-60(50-74(66)78(3,4)72(64)46-52)81(57-25-13-7-14-26-57)58-27-15-8-16-28-58/h5-50H,1-4H3. The van der Waals surface area contributed by atoms with E-state index < -0.39 is 5.41 Å². The molecule has 0 bridgehead atoms. The van der Waals surface area contributed by atoms with Crippen LogP contribution >= 0.6 is 0 Å². The van der Waals surface area contributed by atoms with E-state index in [-0.39, 0.29) is 10.8 Å². The lowest BCUT2D eigenvalue weighted by Gasteiger charge is -2.31. The summed E-state index contributed by atoms with van der Waals surface area (Å²) in [5, 5.41) is 0. The lowest BCUT2D eigenvalue weighted by molar-refractivity contribution is 0.660. The molecule has 12 aromatic carbocycles. The predicted molar refractivity (Wildman–Crippen MR) is 338 cm³/mol. The van der Waals surface area contributed by atoms with Gasteiger partial charge >= 0.3 is 0 Å². The Morgan fingerprint density at radius 2 is 0.444 bits per heavy atom. The molecule has 0 saturated carbocycles. The van der Waals surface area contributed by atoms with Crippen molar-refractivity contribution in [3.05, 3.63) is 324 Å². The smallest absolute Gasteiger partial charge is 0.0725 e. The SMILES string of the molecule is CC1(C)c2cc(-c3ccc4c(c3)C3(c5ccccc5-4)c4ccccc4-c4ccc(-c5ccc6c(c5)C(C)(C)c5cc(N(c7ccccc7)c7ccccc7)ccc5-6)cc43)ccc2-c2ccc(N(c3ccccc3)c3ccccc3)cc21. The van der Waals surface area contributed by atoms with Gasteiger partial charge in [-0.25, -0.2) is 0 Å². The first-order valence-corrected chi connectivity index (χ1v) is 28.6. The van der Waals surface area contributed by atoms with Crippen molar-refractivity contribution < 1.29 is 0 Å². The highest BCUT2D eigenvalue weighted by Crippen LogP contribution is 2.64. The van der Waals surface area contributed by atoms with Crippen molar-refractivity contribution in [2.24, 2.45) is 0 Å². The first-order chi connectivity index (χ1) is 39.7. The second-order valence-corrected chi connectivity index (χ2v) is 23.6. The van der Waals surface area contributed by atoms with Crippen molar-refractivity contribution in [3.63, 3.8) is 0 Å². The van der Waals surface area contributed by atoms with Gasteiger partial charge in [0.15, 0.2) is 0 Å². The molecule has 0 unspecified atom stereocenters. The van der Waals surface area contributed by atoms with Crippen molar-refractivity contribution in [2.45, 2.75) is 43.9 Å². The Morgan fingerprint density at radius 1 is 0.198 bits per heavy atom. The Bertz CT molecular complexity index is 4140. The Balaban J connectivity index is 0.791. The fourth-order valence-electron chi connectivity index (χ4n) is 14.8. The van der Waals surface area contributed by atoms with Gasteiger partial charge in [0.05, 0.1) is 5.41 Å². The predicted octanol–water partition coefficient (Wildman–Crippen LogP) is 20.9. The van der Waals surface area contributed by atoms with Crippen molar-refractivity contribution in [1.82, 2.24) is 0 Å². The number of benzene rings is 12. The molecule has 2 heteroatoms. The van der Waals surface area contributed by atoms with Gasteiger partial charge in [-0.2, -0.15) is 0 Å². The van der Waals surface area contributed by atoms with Crippen LogP contribution in [0.4, 0.5) is 34.1 Å². The molecule has 0 amide bonds. The second-order valence-electron chi connectivity index (χ2n) is 23.6. The molecule has 1 spiro atoms. The van der Waals surface area contributed by atoms with Crippen molar-refractivity contribution in [2.75, 3.05) is 9.80 Å². The van der Waals surface area contributed by atoms with Crippen LogP contribution in [0, 0.1) is 0 Å². The summed E-state index contributed by atoms with van der Waals surface area (Å²) in [4.78, 5) is 4.75. The average Bonchev–Trinajstić information content (AvgIpc) is 1.92. The summed E-state index contributed by atoms with van der Waals surface area (Å²) in [5.74, 6) is 0. The minimum atomic E-state index is -0.512. The van der Waals surface area contributed by atoms with Crippen LogP contribution in [0.15, 0.2) is 279 Å². The molecule has 0 fully saturated rings. The molecule has 2 nitrogen and oxygen atoms in total. The number of hydrogen-bond acceptors (Lipinski definition) is 2. The van der Waals surface area contributed by atoms with Gasteiger partial charge in [-0.15, -0.1) is 0 Å². The zero-order valence-electron chi connectivity index (χ0n) is 46.0. The van der Waals surface area contributed by atoms with Gasteiger partial charge in [0.25, 0.3) is 0 Å². The number of fused-ring (bicyclic) bond motifs is 16. The molecule has 0 saturated heterocycles. The summed E-state index contributed by atoms with van der Waals surface area (Å²) in [7, 11) is 0. The van der Waals surface area contributed by atoms with Crippen LogP contribution in [-0.4, -0.2) is 0 Å². The fraction of sp³-hybridized carbons (Fsp3) is 0.0886. The van der Waals surface area contributed by atoms with Crippen molar-refractivity contribution in [3.8, 4) is 66.8 Å². The summed E-state index contributed by atoms with van der Waals surface area (Å²) in [6, 6.07) is 105. The quantitative estimate of drug-likeness (QED) is 0.150. The minimum absolute atomic E-state index is 0.228. The Labute approximate surface area is 475 Å². The maximum atomic E-state index is 2.54. The molecule has 81 heavy (non-hydrogen) atoms. The van der Waals surface area contributed by atoms with Gasteiger partial charge in [0.1, 0.15) is 0 Å². The van der Waals surface area contributed by atoms with E-state index in [4.69, 9.17) is 0 Å². The Hall–Kier alpha value is -9.76. The molecule has 0 N–H and O–H groups in total. The van der Waals surface area contributed by atoms with E-state index in [0.717, 1.165) is 34.1 Å². The monoisotopic (exact) mass is 1030 g/mol. The molecule has 16 rings (SSSR count). The van der Waals surface area contributed by atoms with Gasteiger partial charge < -0.3 is 9.80 Å². The van der Waals surface area contributed by atoms with Gasteiger partial charge in [0.2, 0.25) is 0 Å². The van der Waals surface area contributed by atoms with Crippen LogP contribution < -0.4 is 9.80 Å².